The SMILES string of the molecule is CN(C)CC(=O)NC(CCCN=C(N)N)C(=O)O. The molecule has 0 saturated carbocycles. The van der Waals surface area contributed by atoms with Crippen LogP contribution in [0.3, 0.4) is 0 Å². The van der Waals surface area contributed by atoms with Gasteiger partial charge in [-0.1, -0.05) is 0 Å². The second-order valence-corrected chi connectivity index (χ2v) is 4.14. The monoisotopic (exact) mass is 259 g/mol. The first-order valence-electron chi connectivity index (χ1n) is 5.55. The van der Waals surface area contributed by atoms with Gasteiger partial charge in [0, 0.05) is 6.54 Å². The van der Waals surface area contributed by atoms with Gasteiger partial charge in [-0.25, -0.2) is 4.79 Å². The average molecular weight is 259 g/mol. The van der Waals surface area contributed by atoms with Crippen molar-refractivity contribution >= 4 is 17.8 Å². The van der Waals surface area contributed by atoms with Crippen molar-refractivity contribution in [2.45, 2.75) is 18.9 Å². The number of rotatable bonds is 8. The predicted octanol–water partition coefficient (Wildman–Crippen LogP) is -1.83. The smallest absolute Gasteiger partial charge is 0.326 e. The van der Waals surface area contributed by atoms with Crippen LogP contribution in [-0.2, 0) is 9.59 Å². The summed E-state index contributed by atoms with van der Waals surface area (Å²) in [4.78, 5) is 27.8. The molecule has 1 unspecified atom stereocenters. The molecule has 0 aliphatic rings. The topological polar surface area (TPSA) is 134 Å². The van der Waals surface area contributed by atoms with E-state index in [0.29, 0.717) is 13.0 Å². The van der Waals surface area contributed by atoms with Gasteiger partial charge in [-0.3, -0.25) is 9.79 Å². The van der Waals surface area contributed by atoms with Crippen molar-refractivity contribution in [3.05, 3.63) is 0 Å². The van der Waals surface area contributed by atoms with E-state index in [4.69, 9.17) is 16.6 Å². The quantitative estimate of drug-likeness (QED) is 0.230. The van der Waals surface area contributed by atoms with Gasteiger partial charge in [0.2, 0.25) is 5.91 Å². The van der Waals surface area contributed by atoms with Crippen molar-refractivity contribution in [2.75, 3.05) is 27.2 Å². The van der Waals surface area contributed by atoms with Crippen LogP contribution < -0.4 is 16.8 Å². The number of likely N-dealkylation sites (N-methyl/N-ethyl adjacent to an activating group) is 1. The predicted molar refractivity (Wildman–Crippen MR) is 68.0 cm³/mol. The number of hydrogen-bond acceptors (Lipinski definition) is 4. The van der Waals surface area contributed by atoms with E-state index >= 15 is 0 Å². The number of aliphatic imine (C=N–C) groups is 1. The number of guanidine groups is 1. The molecule has 18 heavy (non-hydrogen) atoms. The molecule has 0 aliphatic carbocycles. The van der Waals surface area contributed by atoms with E-state index in [2.05, 4.69) is 10.3 Å². The fourth-order valence-electron chi connectivity index (χ4n) is 1.29. The van der Waals surface area contributed by atoms with Crippen LogP contribution >= 0.6 is 0 Å². The van der Waals surface area contributed by atoms with Gasteiger partial charge in [0.25, 0.3) is 0 Å². The lowest BCUT2D eigenvalue weighted by Gasteiger charge is -2.16. The molecule has 0 fully saturated rings. The largest absolute Gasteiger partial charge is 0.480 e. The lowest BCUT2D eigenvalue weighted by molar-refractivity contribution is -0.142. The van der Waals surface area contributed by atoms with Crippen LogP contribution in [0.15, 0.2) is 4.99 Å². The number of nitrogens with one attached hydrogen (secondary N) is 1. The number of nitrogens with zero attached hydrogens (tertiary/aromatic N) is 2. The first kappa shape index (κ1) is 16.2. The van der Waals surface area contributed by atoms with Crippen molar-refractivity contribution in [1.82, 2.24) is 10.2 Å². The third-order valence-electron chi connectivity index (χ3n) is 2.04. The molecule has 0 radical (unpaired) electrons. The fraction of sp³-hybridized carbons (Fsp3) is 0.700. The van der Waals surface area contributed by atoms with Gasteiger partial charge in [-0.15, -0.1) is 0 Å². The number of carbonyl (C=O) groups is 2. The Bertz CT molecular complexity index is 313. The Balaban J connectivity index is 4.11. The minimum atomic E-state index is -1.06. The standard InChI is InChI=1S/C10H21N5O3/c1-15(2)6-8(16)14-7(9(17)18)4-3-5-13-10(11)12/h7H,3-6H2,1-2H3,(H,14,16)(H,17,18)(H4,11,12,13). The highest BCUT2D eigenvalue weighted by atomic mass is 16.4. The average Bonchev–Trinajstić information content (AvgIpc) is 2.20. The van der Waals surface area contributed by atoms with Crippen LogP contribution in [0.25, 0.3) is 0 Å². The number of aliphatic carboxylic acids is 1. The molecular weight excluding hydrogens is 238 g/mol. The Kier molecular flexibility index (Phi) is 7.45. The molecule has 0 saturated heterocycles. The molecule has 0 aliphatic heterocycles. The number of carboxylic acids is 1. The van der Waals surface area contributed by atoms with Gasteiger partial charge >= 0.3 is 5.97 Å². The van der Waals surface area contributed by atoms with Gasteiger partial charge in [-0.2, -0.15) is 0 Å². The van der Waals surface area contributed by atoms with Crippen molar-refractivity contribution < 1.29 is 14.7 Å². The second-order valence-electron chi connectivity index (χ2n) is 4.14. The Morgan fingerprint density at radius 2 is 2.00 bits per heavy atom. The molecule has 104 valence electrons. The zero-order valence-corrected chi connectivity index (χ0v) is 10.7. The molecule has 1 amide bonds. The Hall–Kier alpha value is -1.83. The van der Waals surface area contributed by atoms with E-state index in [1.54, 1.807) is 19.0 Å². The normalized spacial score (nSPS) is 11.9. The number of amides is 1. The molecule has 8 nitrogen and oxygen atoms in total. The van der Waals surface area contributed by atoms with E-state index in [1.165, 1.54) is 0 Å². The summed E-state index contributed by atoms with van der Waals surface area (Å²) in [6.45, 7) is 0.493. The molecular formula is C10H21N5O3. The molecule has 0 bridgehead atoms. The Labute approximate surface area is 106 Å². The summed E-state index contributed by atoms with van der Waals surface area (Å²) in [6.07, 6.45) is 0.766. The maximum absolute atomic E-state index is 11.4. The van der Waals surface area contributed by atoms with Gasteiger partial charge in [-0.05, 0) is 26.9 Å². The molecule has 0 aromatic heterocycles. The zero-order valence-electron chi connectivity index (χ0n) is 10.7. The molecule has 0 aromatic carbocycles. The Morgan fingerprint density at radius 3 is 2.44 bits per heavy atom. The summed E-state index contributed by atoms with van der Waals surface area (Å²) >= 11 is 0. The highest BCUT2D eigenvalue weighted by molar-refractivity contribution is 5.84. The molecule has 0 rings (SSSR count). The minimum Gasteiger partial charge on any atom is -0.480 e. The first-order valence-corrected chi connectivity index (χ1v) is 5.55. The molecule has 6 N–H and O–H groups in total. The third-order valence-corrected chi connectivity index (χ3v) is 2.04. The molecule has 0 spiro atoms. The fourth-order valence-corrected chi connectivity index (χ4v) is 1.29. The summed E-state index contributed by atoms with van der Waals surface area (Å²) in [5.41, 5.74) is 10.3. The van der Waals surface area contributed by atoms with Gasteiger partial charge < -0.3 is 26.8 Å². The van der Waals surface area contributed by atoms with Crippen molar-refractivity contribution in [2.24, 2.45) is 16.5 Å². The number of hydrogen-bond donors (Lipinski definition) is 4. The van der Waals surface area contributed by atoms with Crippen LogP contribution in [0.2, 0.25) is 0 Å². The van der Waals surface area contributed by atoms with Crippen LogP contribution in [0.1, 0.15) is 12.8 Å². The van der Waals surface area contributed by atoms with Gasteiger partial charge in [0.15, 0.2) is 5.96 Å². The lowest BCUT2D eigenvalue weighted by atomic mass is 10.1. The highest BCUT2D eigenvalue weighted by Crippen LogP contribution is 1.98. The van der Waals surface area contributed by atoms with Crippen LogP contribution in [-0.4, -0.2) is 61.1 Å². The number of nitrogens with two attached hydrogens (primary N) is 2. The Morgan fingerprint density at radius 1 is 1.39 bits per heavy atom. The molecule has 0 heterocycles. The maximum Gasteiger partial charge on any atom is 0.326 e. The van der Waals surface area contributed by atoms with E-state index in [0.717, 1.165) is 0 Å². The van der Waals surface area contributed by atoms with Gasteiger partial charge in [0.05, 0.1) is 6.54 Å². The van der Waals surface area contributed by atoms with E-state index in [-0.39, 0.29) is 24.8 Å². The van der Waals surface area contributed by atoms with E-state index in [1.807, 2.05) is 0 Å². The first-order chi connectivity index (χ1) is 8.32. The van der Waals surface area contributed by atoms with Gasteiger partial charge in [0.1, 0.15) is 6.04 Å². The number of carboxylic acid groups (broad SMARTS) is 1. The van der Waals surface area contributed by atoms with Crippen LogP contribution in [0, 0.1) is 0 Å². The summed E-state index contributed by atoms with van der Waals surface area (Å²) < 4.78 is 0. The molecule has 0 aromatic rings. The van der Waals surface area contributed by atoms with Crippen LogP contribution in [0.5, 0.6) is 0 Å². The molecule has 1 atom stereocenters. The number of carbonyl (C=O) groups excluding carboxylic acids is 1. The third kappa shape index (κ3) is 8.34. The zero-order chi connectivity index (χ0) is 14.1. The van der Waals surface area contributed by atoms with E-state index in [9.17, 15) is 9.59 Å². The van der Waals surface area contributed by atoms with Crippen LogP contribution in [0.4, 0.5) is 0 Å². The van der Waals surface area contributed by atoms with E-state index < -0.39 is 12.0 Å². The second kappa shape index (κ2) is 8.29. The molecule has 8 heteroatoms. The van der Waals surface area contributed by atoms with Crippen molar-refractivity contribution in [3.8, 4) is 0 Å². The minimum absolute atomic E-state index is 0.0291. The maximum atomic E-state index is 11.4. The highest BCUT2D eigenvalue weighted by Gasteiger charge is 2.19. The summed E-state index contributed by atoms with van der Waals surface area (Å²) in [5.74, 6) is -1.42. The summed E-state index contributed by atoms with van der Waals surface area (Å²) in [5, 5.41) is 11.4. The lowest BCUT2D eigenvalue weighted by Crippen LogP contribution is -2.44. The van der Waals surface area contributed by atoms with Crippen molar-refractivity contribution in [3.63, 3.8) is 0 Å². The summed E-state index contributed by atoms with van der Waals surface area (Å²) in [7, 11) is 3.46. The van der Waals surface area contributed by atoms with Crippen molar-refractivity contribution in [1.29, 1.82) is 0 Å². The summed E-state index contributed by atoms with van der Waals surface area (Å²) in [6, 6.07) is -0.911.